The third-order valence-electron chi connectivity index (χ3n) is 6.27. The predicted octanol–water partition coefficient (Wildman–Crippen LogP) is 4.47. The highest BCUT2D eigenvalue weighted by atomic mass is 32.2. The second-order valence-electron chi connectivity index (χ2n) is 9.23. The van der Waals surface area contributed by atoms with E-state index in [4.69, 9.17) is 0 Å². The van der Waals surface area contributed by atoms with Gasteiger partial charge in [-0.25, -0.2) is 12.8 Å². The smallest absolute Gasteiger partial charge is 0.250 e. The molecule has 0 spiro atoms. The Morgan fingerprint density at radius 1 is 1.11 bits per heavy atom. The number of halogens is 1. The number of ketones is 1. The van der Waals surface area contributed by atoms with Crippen molar-refractivity contribution in [3.05, 3.63) is 93.2 Å². The molecule has 38 heavy (non-hydrogen) atoms. The molecule has 0 aliphatic rings. The molecule has 0 radical (unpaired) electrons. The molecule has 3 rings (SSSR count). The third kappa shape index (κ3) is 7.41. The van der Waals surface area contributed by atoms with Crippen molar-refractivity contribution in [3.8, 4) is 11.1 Å². The summed E-state index contributed by atoms with van der Waals surface area (Å²) in [7, 11) is -1.78. The topological polar surface area (TPSA) is 108 Å². The van der Waals surface area contributed by atoms with E-state index in [-0.39, 0.29) is 34.0 Å². The number of aryl methyl sites for hydroxylation is 1. The summed E-state index contributed by atoms with van der Waals surface area (Å²) < 4.78 is 55.3. The van der Waals surface area contributed by atoms with Crippen LogP contribution in [0.2, 0.25) is 0 Å². The molecular formula is C28H33FN2O5S2. The second-order valence-corrected chi connectivity index (χ2v) is 12.9. The third-order valence-corrected chi connectivity index (χ3v) is 9.20. The van der Waals surface area contributed by atoms with Crippen LogP contribution in [0.4, 0.5) is 4.39 Å². The highest BCUT2D eigenvalue weighted by Gasteiger charge is 2.24. The zero-order chi connectivity index (χ0) is 28.0. The molecule has 1 heterocycles. The Labute approximate surface area is 226 Å². The zero-order valence-corrected chi connectivity index (χ0v) is 23.6. The number of rotatable bonds is 12. The van der Waals surface area contributed by atoms with Gasteiger partial charge in [0.25, 0.3) is 5.56 Å². The summed E-state index contributed by atoms with van der Waals surface area (Å²) in [4.78, 5) is 26.2. The maximum absolute atomic E-state index is 13.6. The molecular weight excluding hydrogens is 527 g/mol. The van der Waals surface area contributed by atoms with E-state index >= 15 is 0 Å². The molecule has 0 aliphatic carbocycles. The van der Waals surface area contributed by atoms with E-state index in [1.165, 1.54) is 34.9 Å². The van der Waals surface area contributed by atoms with E-state index in [1.54, 1.807) is 45.3 Å². The van der Waals surface area contributed by atoms with Crippen molar-refractivity contribution in [3.63, 3.8) is 0 Å². The van der Waals surface area contributed by atoms with Gasteiger partial charge < -0.3 is 9.12 Å². The first kappa shape index (κ1) is 29.8. The van der Waals surface area contributed by atoms with Crippen molar-refractivity contribution in [1.82, 2.24) is 9.29 Å². The molecule has 0 aliphatic heterocycles. The SMILES string of the molecule is CCCC[S+]([O-])N[C@H](C)c1cc(=O)n(C)cc1-c1cc(CS(=O)(=O)CC)ccc1C(=O)c1ccc(F)cc1. The van der Waals surface area contributed by atoms with Crippen molar-refractivity contribution < 1.29 is 22.2 Å². The lowest BCUT2D eigenvalue weighted by atomic mass is 9.89. The van der Waals surface area contributed by atoms with Crippen LogP contribution in [-0.4, -0.2) is 34.8 Å². The number of carbonyl (C=O) groups is 1. The number of nitrogens with zero attached hydrogens (tertiary/aromatic N) is 1. The lowest BCUT2D eigenvalue weighted by Crippen LogP contribution is -2.30. The van der Waals surface area contributed by atoms with E-state index in [9.17, 15) is 27.0 Å². The van der Waals surface area contributed by atoms with Crippen LogP contribution < -0.4 is 10.3 Å². The minimum absolute atomic E-state index is 0.0335. The van der Waals surface area contributed by atoms with Gasteiger partial charge in [0.1, 0.15) is 11.6 Å². The molecule has 0 amide bonds. The summed E-state index contributed by atoms with van der Waals surface area (Å²) in [6.07, 6.45) is 3.26. The summed E-state index contributed by atoms with van der Waals surface area (Å²) in [6.45, 7) is 5.36. The minimum Gasteiger partial charge on any atom is -0.598 e. The normalized spacial score (nSPS) is 13.3. The first-order valence-corrected chi connectivity index (χ1v) is 15.6. The monoisotopic (exact) mass is 560 g/mol. The first-order chi connectivity index (χ1) is 18.0. The molecule has 0 saturated heterocycles. The lowest BCUT2D eigenvalue weighted by Gasteiger charge is -2.21. The summed E-state index contributed by atoms with van der Waals surface area (Å²) in [5, 5.41) is 0. The Morgan fingerprint density at radius 2 is 1.79 bits per heavy atom. The van der Waals surface area contributed by atoms with Crippen LogP contribution >= 0.6 is 0 Å². The molecule has 1 unspecified atom stereocenters. The Kier molecular flexibility index (Phi) is 10.1. The summed E-state index contributed by atoms with van der Waals surface area (Å²) in [5.41, 5.74) is 2.23. The summed E-state index contributed by atoms with van der Waals surface area (Å²) >= 11 is -1.33. The number of unbranched alkanes of at least 4 members (excludes halogenated alkanes) is 1. The number of hydrogen-bond donors (Lipinski definition) is 1. The van der Waals surface area contributed by atoms with Crippen LogP contribution in [0.5, 0.6) is 0 Å². The van der Waals surface area contributed by atoms with Gasteiger partial charge in [0, 0.05) is 53.1 Å². The van der Waals surface area contributed by atoms with E-state index in [1.807, 2.05) is 6.92 Å². The predicted molar refractivity (Wildman–Crippen MR) is 150 cm³/mol. The number of aromatic nitrogens is 1. The van der Waals surface area contributed by atoms with Gasteiger partial charge in [-0.15, -0.1) is 4.72 Å². The second kappa shape index (κ2) is 12.8. The number of carbonyl (C=O) groups excluding carboxylic acids is 1. The fourth-order valence-corrected chi connectivity index (χ4v) is 6.12. The zero-order valence-electron chi connectivity index (χ0n) is 22.0. The number of pyridine rings is 1. The van der Waals surface area contributed by atoms with E-state index in [0.717, 1.165) is 12.8 Å². The highest BCUT2D eigenvalue weighted by molar-refractivity contribution is 7.90. The standard InChI is InChI=1S/C28H33FN2O5S2/c1-5-7-14-37(34)30-19(3)24-16-27(32)31(4)17-26(24)25-15-20(18-38(35,36)6-2)8-13-23(25)28(33)21-9-11-22(29)12-10-21/h8-13,15-17,19,30H,5-7,14,18H2,1-4H3/t19-,37?/m1/s1. The average molecular weight is 561 g/mol. The van der Waals surface area contributed by atoms with Gasteiger partial charge >= 0.3 is 0 Å². The van der Waals surface area contributed by atoms with Crippen LogP contribution in [0.3, 0.4) is 0 Å². The Bertz CT molecular complexity index is 1450. The van der Waals surface area contributed by atoms with Gasteiger partial charge in [-0.1, -0.05) is 32.4 Å². The van der Waals surface area contributed by atoms with Crippen LogP contribution in [0.25, 0.3) is 11.1 Å². The van der Waals surface area contributed by atoms with E-state index < -0.39 is 33.1 Å². The maximum atomic E-state index is 13.6. The molecule has 0 bridgehead atoms. The Morgan fingerprint density at radius 3 is 2.42 bits per heavy atom. The fourth-order valence-electron chi connectivity index (χ4n) is 4.04. The van der Waals surface area contributed by atoms with Gasteiger partial charge in [-0.3, -0.25) is 9.59 Å². The molecule has 1 aromatic heterocycles. The van der Waals surface area contributed by atoms with Crippen LogP contribution in [-0.2, 0) is 34.0 Å². The number of benzene rings is 2. The molecule has 204 valence electrons. The van der Waals surface area contributed by atoms with Gasteiger partial charge in [0.2, 0.25) is 0 Å². The van der Waals surface area contributed by atoms with E-state index in [2.05, 4.69) is 4.72 Å². The maximum Gasteiger partial charge on any atom is 0.250 e. The average Bonchev–Trinajstić information content (AvgIpc) is 2.88. The van der Waals surface area contributed by atoms with Crippen LogP contribution in [0, 0.1) is 5.82 Å². The number of sulfone groups is 1. The van der Waals surface area contributed by atoms with Crippen molar-refractivity contribution in [2.24, 2.45) is 7.05 Å². The molecule has 2 atom stereocenters. The minimum atomic E-state index is -3.36. The van der Waals surface area contributed by atoms with Gasteiger partial charge in [0.15, 0.2) is 15.6 Å². The van der Waals surface area contributed by atoms with E-state index in [0.29, 0.717) is 28.0 Å². The first-order valence-electron chi connectivity index (χ1n) is 12.4. The Hall–Kier alpha value is -2.79. The van der Waals surface area contributed by atoms with Gasteiger partial charge in [-0.05, 0) is 60.4 Å². The van der Waals surface area contributed by atoms with Gasteiger partial charge in [-0.2, -0.15) is 0 Å². The molecule has 3 aromatic rings. The van der Waals surface area contributed by atoms with Crippen molar-refractivity contribution in [2.75, 3.05) is 11.5 Å². The number of nitrogens with one attached hydrogen (secondary N) is 1. The lowest BCUT2D eigenvalue weighted by molar-refractivity contribution is 0.103. The molecule has 7 nitrogen and oxygen atoms in total. The summed E-state index contributed by atoms with van der Waals surface area (Å²) in [5.74, 6) is -0.638. The Balaban J connectivity index is 2.21. The fraction of sp³-hybridized carbons (Fsp3) is 0.357. The van der Waals surface area contributed by atoms with Crippen LogP contribution in [0.1, 0.15) is 66.7 Å². The largest absolute Gasteiger partial charge is 0.598 e. The van der Waals surface area contributed by atoms with Gasteiger partial charge in [0.05, 0.1) is 11.8 Å². The molecule has 0 saturated carbocycles. The number of hydrogen-bond acceptors (Lipinski definition) is 6. The van der Waals surface area contributed by atoms with Crippen LogP contribution in [0.15, 0.2) is 59.5 Å². The van der Waals surface area contributed by atoms with Crippen molar-refractivity contribution >= 4 is 27.0 Å². The molecule has 2 aromatic carbocycles. The molecule has 1 N–H and O–H groups in total. The quantitative estimate of drug-likeness (QED) is 0.259. The summed E-state index contributed by atoms with van der Waals surface area (Å²) in [6, 6.07) is 10.9. The molecule has 10 heteroatoms. The molecule has 0 fully saturated rings. The highest BCUT2D eigenvalue weighted by Crippen LogP contribution is 2.33. The van der Waals surface area contributed by atoms with Crippen molar-refractivity contribution in [2.45, 2.75) is 45.4 Å². The van der Waals surface area contributed by atoms with Crippen molar-refractivity contribution in [1.29, 1.82) is 0 Å².